The van der Waals surface area contributed by atoms with Gasteiger partial charge in [-0.1, -0.05) is 12.1 Å². The molecule has 1 heterocycles. The van der Waals surface area contributed by atoms with E-state index in [1.165, 1.54) is 16.8 Å². The molecule has 1 aromatic carbocycles. The maximum atomic E-state index is 11.8. The van der Waals surface area contributed by atoms with E-state index in [2.05, 4.69) is 20.8 Å². The first-order chi connectivity index (χ1) is 9.08. The first kappa shape index (κ1) is 12.7. The number of amides is 1. The third-order valence-electron chi connectivity index (χ3n) is 2.46. The summed E-state index contributed by atoms with van der Waals surface area (Å²) in [5, 5.41) is 22.2. The van der Waals surface area contributed by atoms with Gasteiger partial charge in [0.1, 0.15) is 0 Å². The molecule has 8 heteroatoms. The molecule has 98 valence electrons. The fourth-order valence-corrected chi connectivity index (χ4v) is 1.51. The van der Waals surface area contributed by atoms with E-state index >= 15 is 0 Å². The van der Waals surface area contributed by atoms with Gasteiger partial charge in [-0.25, -0.2) is 9.48 Å². The van der Waals surface area contributed by atoms with Crippen molar-refractivity contribution in [3.05, 3.63) is 35.7 Å². The van der Waals surface area contributed by atoms with Gasteiger partial charge in [-0.05, 0) is 22.6 Å². The quantitative estimate of drug-likeness (QED) is 0.807. The Kier molecular flexibility index (Phi) is 3.51. The molecule has 0 atom stereocenters. The Hall–Kier alpha value is -2.77. The minimum Gasteiger partial charge on any atom is -0.478 e. The zero-order valence-electron chi connectivity index (χ0n) is 10.1. The summed E-state index contributed by atoms with van der Waals surface area (Å²) in [7, 11) is 1.62. The Balaban J connectivity index is 2.11. The van der Waals surface area contributed by atoms with Crippen LogP contribution in [0.3, 0.4) is 0 Å². The largest absolute Gasteiger partial charge is 0.478 e. The van der Waals surface area contributed by atoms with Crippen molar-refractivity contribution in [1.29, 1.82) is 0 Å². The molecule has 0 radical (unpaired) electrons. The standard InChI is InChI=1S/C11H11N5O3/c1-16-9(13-14-15-16)6-10(17)12-8-5-3-2-4-7(8)11(18)19/h2-5H,6H2,1H3,(H,12,17)(H,18,19). The van der Waals surface area contributed by atoms with Gasteiger partial charge in [0.05, 0.1) is 17.7 Å². The van der Waals surface area contributed by atoms with Crippen molar-refractivity contribution in [1.82, 2.24) is 20.2 Å². The Morgan fingerprint density at radius 3 is 2.74 bits per heavy atom. The normalized spacial score (nSPS) is 10.2. The highest BCUT2D eigenvalue weighted by atomic mass is 16.4. The molecule has 0 aliphatic carbocycles. The number of carboxylic acid groups (broad SMARTS) is 1. The van der Waals surface area contributed by atoms with E-state index in [0.29, 0.717) is 5.82 Å². The van der Waals surface area contributed by atoms with Crippen molar-refractivity contribution in [2.75, 3.05) is 5.32 Å². The first-order valence-electron chi connectivity index (χ1n) is 5.41. The lowest BCUT2D eigenvalue weighted by Crippen LogP contribution is -2.18. The highest BCUT2D eigenvalue weighted by Crippen LogP contribution is 2.15. The Bertz CT molecular complexity index is 622. The lowest BCUT2D eigenvalue weighted by molar-refractivity contribution is -0.115. The number of anilines is 1. The number of nitrogens with zero attached hydrogens (tertiary/aromatic N) is 4. The van der Waals surface area contributed by atoms with Gasteiger partial charge < -0.3 is 10.4 Å². The van der Waals surface area contributed by atoms with Crippen molar-refractivity contribution in [2.45, 2.75) is 6.42 Å². The summed E-state index contributed by atoms with van der Waals surface area (Å²) in [6.07, 6.45) is -0.0303. The van der Waals surface area contributed by atoms with Crippen molar-refractivity contribution in [2.24, 2.45) is 7.05 Å². The number of aromatic carboxylic acids is 1. The van der Waals surface area contributed by atoms with Crippen LogP contribution in [0.25, 0.3) is 0 Å². The van der Waals surface area contributed by atoms with Crippen LogP contribution < -0.4 is 5.32 Å². The molecule has 1 amide bonds. The zero-order valence-corrected chi connectivity index (χ0v) is 10.1. The maximum absolute atomic E-state index is 11.8. The van der Waals surface area contributed by atoms with Gasteiger partial charge in [0.25, 0.3) is 0 Å². The highest BCUT2D eigenvalue weighted by Gasteiger charge is 2.14. The first-order valence-corrected chi connectivity index (χ1v) is 5.41. The van der Waals surface area contributed by atoms with Crippen molar-refractivity contribution < 1.29 is 14.7 Å². The van der Waals surface area contributed by atoms with E-state index in [4.69, 9.17) is 5.11 Å². The minimum atomic E-state index is -1.10. The van der Waals surface area contributed by atoms with Crippen LogP contribution in [0.4, 0.5) is 5.69 Å². The van der Waals surface area contributed by atoms with E-state index in [0.717, 1.165) is 0 Å². The predicted octanol–water partition coefficient (Wildman–Crippen LogP) is 0.0895. The molecule has 0 unspecified atom stereocenters. The summed E-state index contributed by atoms with van der Waals surface area (Å²) >= 11 is 0. The van der Waals surface area contributed by atoms with Crippen molar-refractivity contribution in [3.63, 3.8) is 0 Å². The van der Waals surface area contributed by atoms with Crippen LogP contribution in [-0.4, -0.2) is 37.2 Å². The number of carboxylic acids is 1. The van der Waals surface area contributed by atoms with Gasteiger partial charge in [0, 0.05) is 7.05 Å². The molecule has 0 spiro atoms. The Labute approximate surface area is 108 Å². The summed E-state index contributed by atoms with van der Waals surface area (Å²) in [5.41, 5.74) is 0.280. The summed E-state index contributed by atoms with van der Waals surface area (Å²) < 4.78 is 1.38. The van der Waals surface area contributed by atoms with Gasteiger partial charge in [-0.15, -0.1) is 5.10 Å². The highest BCUT2D eigenvalue weighted by molar-refractivity contribution is 6.00. The van der Waals surface area contributed by atoms with Gasteiger partial charge in [0.2, 0.25) is 5.91 Å². The molecule has 2 aromatic rings. The second-order valence-corrected chi connectivity index (χ2v) is 3.79. The molecule has 0 saturated heterocycles. The number of hydrogen-bond acceptors (Lipinski definition) is 5. The summed E-state index contributed by atoms with van der Waals surface area (Å²) in [6.45, 7) is 0. The average Bonchev–Trinajstić information content (AvgIpc) is 2.75. The monoisotopic (exact) mass is 261 g/mol. The van der Waals surface area contributed by atoms with Crippen LogP contribution in [0.5, 0.6) is 0 Å². The molecule has 0 saturated carbocycles. The lowest BCUT2D eigenvalue weighted by Gasteiger charge is -2.07. The topological polar surface area (TPSA) is 110 Å². The van der Waals surface area contributed by atoms with E-state index in [1.807, 2.05) is 0 Å². The van der Waals surface area contributed by atoms with E-state index in [1.54, 1.807) is 19.2 Å². The minimum absolute atomic E-state index is 0.0303. The molecule has 19 heavy (non-hydrogen) atoms. The Morgan fingerprint density at radius 2 is 2.11 bits per heavy atom. The van der Waals surface area contributed by atoms with E-state index in [9.17, 15) is 9.59 Å². The number of benzene rings is 1. The molecular formula is C11H11N5O3. The SMILES string of the molecule is Cn1nnnc1CC(=O)Nc1ccccc1C(=O)O. The lowest BCUT2D eigenvalue weighted by atomic mass is 10.2. The summed E-state index contributed by atoms with van der Waals surface area (Å²) in [6, 6.07) is 6.18. The molecular weight excluding hydrogens is 250 g/mol. The number of carbonyl (C=O) groups excluding carboxylic acids is 1. The molecule has 8 nitrogen and oxygen atoms in total. The number of para-hydroxylation sites is 1. The number of nitrogens with one attached hydrogen (secondary N) is 1. The molecule has 0 aliphatic rings. The van der Waals surface area contributed by atoms with Gasteiger partial charge >= 0.3 is 5.97 Å². The number of tetrazole rings is 1. The Morgan fingerprint density at radius 1 is 1.37 bits per heavy atom. The maximum Gasteiger partial charge on any atom is 0.337 e. The third kappa shape index (κ3) is 2.92. The second kappa shape index (κ2) is 5.25. The van der Waals surface area contributed by atoms with Gasteiger partial charge in [-0.3, -0.25) is 4.79 Å². The zero-order chi connectivity index (χ0) is 13.8. The number of carbonyl (C=O) groups is 2. The molecule has 0 bridgehead atoms. The van der Waals surface area contributed by atoms with Crippen LogP contribution in [0.15, 0.2) is 24.3 Å². The second-order valence-electron chi connectivity index (χ2n) is 3.79. The predicted molar refractivity (Wildman–Crippen MR) is 64.5 cm³/mol. The fourth-order valence-electron chi connectivity index (χ4n) is 1.51. The number of hydrogen-bond donors (Lipinski definition) is 2. The number of rotatable bonds is 4. The van der Waals surface area contributed by atoms with E-state index in [-0.39, 0.29) is 23.6 Å². The molecule has 2 rings (SSSR count). The molecule has 2 N–H and O–H groups in total. The number of aryl methyl sites for hydroxylation is 1. The van der Waals surface area contributed by atoms with Crippen LogP contribution in [0, 0.1) is 0 Å². The molecule has 0 fully saturated rings. The average molecular weight is 261 g/mol. The number of aromatic nitrogens is 4. The fraction of sp³-hybridized carbons (Fsp3) is 0.182. The van der Waals surface area contributed by atoms with Crippen LogP contribution in [0.1, 0.15) is 16.2 Å². The molecule has 0 aliphatic heterocycles. The third-order valence-corrected chi connectivity index (χ3v) is 2.46. The van der Waals surface area contributed by atoms with Gasteiger partial charge in [-0.2, -0.15) is 0 Å². The smallest absolute Gasteiger partial charge is 0.337 e. The van der Waals surface area contributed by atoms with Crippen LogP contribution >= 0.6 is 0 Å². The van der Waals surface area contributed by atoms with Crippen molar-refractivity contribution in [3.8, 4) is 0 Å². The summed E-state index contributed by atoms with van der Waals surface area (Å²) in [4.78, 5) is 22.8. The van der Waals surface area contributed by atoms with E-state index < -0.39 is 5.97 Å². The van der Waals surface area contributed by atoms with Crippen LogP contribution in [0.2, 0.25) is 0 Å². The van der Waals surface area contributed by atoms with Crippen molar-refractivity contribution >= 4 is 17.6 Å². The summed E-state index contributed by atoms with van der Waals surface area (Å²) in [5.74, 6) is -1.09. The van der Waals surface area contributed by atoms with Gasteiger partial charge in [0.15, 0.2) is 5.82 Å². The molecule has 1 aromatic heterocycles. The van der Waals surface area contributed by atoms with Crippen LogP contribution in [-0.2, 0) is 18.3 Å².